The number of hydrogen-bond acceptors (Lipinski definition) is 5. The molecule has 0 atom stereocenters. The summed E-state index contributed by atoms with van der Waals surface area (Å²) in [5.41, 5.74) is 1.07. The van der Waals surface area contributed by atoms with E-state index in [1.54, 1.807) is 6.07 Å². The van der Waals surface area contributed by atoms with E-state index in [0.29, 0.717) is 16.9 Å². The Bertz CT molecular complexity index is 771. The van der Waals surface area contributed by atoms with Gasteiger partial charge in [-0.05, 0) is 30.3 Å². The predicted molar refractivity (Wildman–Crippen MR) is 85.5 cm³/mol. The van der Waals surface area contributed by atoms with Crippen molar-refractivity contribution in [3.05, 3.63) is 41.5 Å². The first-order valence-corrected chi connectivity index (χ1v) is 6.84. The minimum Gasteiger partial charge on any atom is -0.496 e. The maximum atomic E-state index is 11.2. The van der Waals surface area contributed by atoms with Crippen molar-refractivity contribution in [2.24, 2.45) is 0 Å². The molecule has 2 aromatic rings. The molecule has 0 bridgehead atoms. The van der Waals surface area contributed by atoms with E-state index in [-0.39, 0.29) is 22.6 Å². The van der Waals surface area contributed by atoms with Crippen molar-refractivity contribution in [3.63, 3.8) is 0 Å². The summed E-state index contributed by atoms with van der Waals surface area (Å²) in [4.78, 5) is 22.3. The highest BCUT2D eigenvalue weighted by molar-refractivity contribution is 5.94. The molecule has 7 nitrogen and oxygen atoms in total. The quantitative estimate of drug-likeness (QED) is 0.838. The van der Waals surface area contributed by atoms with Gasteiger partial charge >= 0.3 is 11.9 Å². The fourth-order valence-corrected chi connectivity index (χ4v) is 2.33. The molecule has 0 aliphatic rings. The summed E-state index contributed by atoms with van der Waals surface area (Å²) in [7, 11) is 4.22. The summed E-state index contributed by atoms with van der Waals surface area (Å²) in [6, 6.07) is 7.09. The lowest BCUT2D eigenvalue weighted by Gasteiger charge is -2.17. The third-order valence-electron chi connectivity index (χ3n) is 3.47. The lowest BCUT2D eigenvalue weighted by atomic mass is 9.98. The number of benzene rings is 2. The van der Waals surface area contributed by atoms with Crippen LogP contribution in [0.15, 0.2) is 30.3 Å². The van der Waals surface area contributed by atoms with Crippen molar-refractivity contribution >= 4 is 11.9 Å². The molecule has 126 valence electrons. The van der Waals surface area contributed by atoms with Gasteiger partial charge in [0.2, 0.25) is 0 Å². The van der Waals surface area contributed by atoms with Gasteiger partial charge in [-0.1, -0.05) is 0 Å². The van der Waals surface area contributed by atoms with E-state index in [4.69, 9.17) is 19.3 Å². The Balaban J connectivity index is 2.76. The van der Waals surface area contributed by atoms with Crippen LogP contribution < -0.4 is 14.2 Å². The second-order valence-electron chi connectivity index (χ2n) is 4.78. The van der Waals surface area contributed by atoms with Gasteiger partial charge in [0.05, 0.1) is 38.0 Å². The molecule has 0 saturated carbocycles. The Morgan fingerprint density at radius 3 is 1.62 bits per heavy atom. The van der Waals surface area contributed by atoms with Gasteiger partial charge in [0.25, 0.3) is 0 Å². The molecule has 0 saturated heterocycles. The molecular formula is C17H16O7. The van der Waals surface area contributed by atoms with Gasteiger partial charge in [0, 0.05) is 5.56 Å². The first-order chi connectivity index (χ1) is 11.4. The molecule has 2 rings (SSSR count). The zero-order valence-corrected chi connectivity index (χ0v) is 13.3. The van der Waals surface area contributed by atoms with Crippen LogP contribution >= 0.6 is 0 Å². The Morgan fingerprint density at radius 1 is 0.750 bits per heavy atom. The van der Waals surface area contributed by atoms with Gasteiger partial charge in [0.1, 0.15) is 17.2 Å². The van der Waals surface area contributed by atoms with Crippen LogP contribution in [-0.4, -0.2) is 43.5 Å². The van der Waals surface area contributed by atoms with Gasteiger partial charge in [-0.2, -0.15) is 0 Å². The molecular weight excluding hydrogens is 316 g/mol. The summed E-state index contributed by atoms with van der Waals surface area (Å²) in [6.45, 7) is 0. The average molecular weight is 332 g/mol. The van der Waals surface area contributed by atoms with Crippen molar-refractivity contribution in [2.75, 3.05) is 21.3 Å². The van der Waals surface area contributed by atoms with Crippen LogP contribution in [-0.2, 0) is 0 Å². The summed E-state index contributed by atoms with van der Waals surface area (Å²) in [6.07, 6.45) is 0. The molecule has 0 aliphatic heterocycles. The lowest BCUT2D eigenvalue weighted by Crippen LogP contribution is -2.02. The Labute approximate surface area is 138 Å². The van der Waals surface area contributed by atoms with Gasteiger partial charge in [-0.25, -0.2) is 9.59 Å². The van der Waals surface area contributed by atoms with Crippen LogP contribution in [0, 0.1) is 0 Å². The minimum atomic E-state index is -1.12. The van der Waals surface area contributed by atoms with Crippen LogP contribution in [0.3, 0.4) is 0 Å². The lowest BCUT2D eigenvalue weighted by molar-refractivity contribution is 0.0685. The molecule has 0 fully saturated rings. The summed E-state index contributed by atoms with van der Waals surface area (Å²) in [5, 5.41) is 18.3. The molecule has 7 heteroatoms. The molecule has 0 unspecified atom stereocenters. The first-order valence-electron chi connectivity index (χ1n) is 6.84. The Kier molecular flexibility index (Phi) is 4.93. The largest absolute Gasteiger partial charge is 0.496 e. The first kappa shape index (κ1) is 17.1. The van der Waals surface area contributed by atoms with Gasteiger partial charge < -0.3 is 24.4 Å². The molecule has 24 heavy (non-hydrogen) atoms. The number of methoxy groups -OCH3 is 3. The average Bonchev–Trinajstić information content (AvgIpc) is 2.59. The Morgan fingerprint density at radius 2 is 1.21 bits per heavy atom. The molecule has 0 radical (unpaired) electrons. The fraction of sp³-hybridized carbons (Fsp3) is 0.176. The highest BCUT2D eigenvalue weighted by Crippen LogP contribution is 2.43. The van der Waals surface area contributed by atoms with Crippen LogP contribution in [0.25, 0.3) is 11.1 Å². The fourth-order valence-electron chi connectivity index (χ4n) is 2.33. The summed E-state index contributed by atoms with van der Waals surface area (Å²) < 4.78 is 15.9. The van der Waals surface area contributed by atoms with E-state index in [1.807, 2.05) is 0 Å². The third-order valence-corrected chi connectivity index (χ3v) is 3.47. The summed E-state index contributed by atoms with van der Waals surface area (Å²) >= 11 is 0. The van der Waals surface area contributed by atoms with E-state index in [0.717, 1.165) is 0 Å². The molecule has 2 aromatic carbocycles. The Hall–Kier alpha value is -3.22. The van der Waals surface area contributed by atoms with Crippen LogP contribution in [0.4, 0.5) is 0 Å². The molecule has 0 aromatic heterocycles. The standard InChI is InChI=1S/C17H16O7/c1-22-12-6-9(16(18)19)4-5-11(12)15-13(23-2)7-10(17(20)21)8-14(15)24-3/h4-8H,1-3H3,(H,18,19)(H,20,21). The zero-order chi connectivity index (χ0) is 17.9. The van der Waals surface area contributed by atoms with Crippen molar-refractivity contribution in [3.8, 4) is 28.4 Å². The maximum Gasteiger partial charge on any atom is 0.335 e. The number of carboxylic acids is 2. The van der Waals surface area contributed by atoms with Crippen molar-refractivity contribution in [1.29, 1.82) is 0 Å². The SMILES string of the molecule is COc1cc(C(=O)O)ccc1-c1c(OC)cc(C(=O)O)cc1OC. The number of carboxylic acid groups (broad SMARTS) is 2. The van der Waals surface area contributed by atoms with E-state index < -0.39 is 11.9 Å². The molecule has 0 spiro atoms. The number of rotatable bonds is 6. The molecule has 0 amide bonds. The number of hydrogen-bond donors (Lipinski definition) is 2. The van der Waals surface area contributed by atoms with E-state index in [1.165, 1.54) is 45.6 Å². The molecule has 2 N–H and O–H groups in total. The van der Waals surface area contributed by atoms with Crippen LogP contribution in [0.5, 0.6) is 17.2 Å². The zero-order valence-electron chi connectivity index (χ0n) is 13.3. The summed E-state index contributed by atoms with van der Waals surface area (Å²) in [5.74, 6) is -1.36. The van der Waals surface area contributed by atoms with Crippen molar-refractivity contribution in [2.45, 2.75) is 0 Å². The predicted octanol–water partition coefficient (Wildman–Crippen LogP) is 2.78. The second-order valence-corrected chi connectivity index (χ2v) is 4.78. The number of ether oxygens (including phenoxy) is 3. The topological polar surface area (TPSA) is 102 Å². The van der Waals surface area contributed by atoms with Crippen LogP contribution in [0.1, 0.15) is 20.7 Å². The van der Waals surface area contributed by atoms with Gasteiger partial charge in [-0.3, -0.25) is 0 Å². The highest BCUT2D eigenvalue weighted by Gasteiger charge is 2.21. The monoisotopic (exact) mass is 332 g/mol. The van der Waals surface area contributed by atoms with Gasteiger partial charge in [-0.15, -0.1) is 0 Å². The van der Waals surface area contributed by atoms with Crippen molar-refractivity contribution < 1.29 is 34.0 Å². The van der Waals surface area contributed by atoms with Gasteiger partial charge in [0.15, 0.2) is 0 Å². The van der Waals surface area contributed by atoms with E-state index in [2.05, 4.69) is 0 Å². The van der Waals surface area contributed by atoms with E-state index in [9.17, 15) is 14.7 Å². The van der Waals surface area contributed by atoms with Crippen molar-refractivity contribution in [1.82, 2.24) is 0 Å². The van der Waals surface area contributed by atoms with Crippen LogP contribution in [0.2, 0.25) is 0 Å². The molecule has 0 aliphatic carbocycles. The second kappa shape index (κ2) is 6.91. The maximum absolute atomic E-state index is 11.2. The van der Waals surface area contributed by atoms with E-state index >= 15 is 0 Å². The molecule has 0 heterocycles. The smallest absolute Gasteiger partial charge is 0.335 e. The minimum absolute atomic E-state index is 0.00794. The normalized spacial score (nSPS) is 10.1. The number of carbonyl (C=O) groups is 2. The number of aromatic carboxylic acids is 2. The highest BCUT2D eigenvalue weighted by atomic mass is 16.5. The third kappa shape index (κ3) is 3.10.